The van der Waals surface area contributed by atoms with Crippen molar-refractivity contribution in [1.29, 1.82) is 0 Å². The highest BCUT2D eigenvalue weighted by Gasteiger charge is 2.12. The Morgan fingerprint density at radius 2 is 1.90 bits per heavy atom. The summed E-state index contributed by atoms with van der Waals surface area (Å²) in [7, 11) is 0. The van der Waals surface area contributed by atoms with E-state index in [1.54, 1.807) is 24.4 Å². The summed E-state index contributed by atoms with van der Waals surface area (Å²) in [5.74, 6) is 6.08. The zero-order chi connectivity index (χ0) is 14.1. The van der Waals surface area contributed by atoms with Crippen LogP contribution in [0.15, 0.2) is 24.4 Å². The molecule has 3 aromatic rings. The van der Waals surface area contributed by atoms with Crippen LogP contribution in [-0.4, -0.2) is 20.2 Å². The monoisotopic (exact) mass is 309 g/mol. The number of nitrogens with one attached hydrogen (secondary N) is 3. The van der Waals surface area contributed by atoms with Gasteiger partial charge in [-0.05, 0) is 12.1 Å². The molecule has 0 unspecified atom stereocenters. The van der Waals surface area contributed by atoms with Gasteiger partial charge in [0, 0.05) is 0 Å². The number of anilines is 3. The average Bonchev–Trinajstić information content (AvgIpc) is 2.91. The van der Waals surface area contributed by atoms with Gasteiger partial charge in [0.25, 0.3) is 0 Å². The molecule has 20 heavy (non-hydrogen) atoms. The molecular weight excluding hydrogens is 301 g/mol. The van der Waals surface area contributed by atoms with E-state index in [4.69, 9.17) is 29.0 Å². The average molecular weight is 310 g/mol. The zero-order valence-corrected chi connectivity index (χ0v) is 11.5. The van der Waals surface area contributed by atoms with E-state index < -0.39 is 0 Å². The SMILES string of the molecule is NNc1nc(Nc2c(Cl)cccc2Cl)c2cn[nH]c2n1. The molecule has 2 aromatic heterocycles. The third-order valence-corrected chi connectivity index (χ3v) is 3.27. The molecular formula is C11H9Cl2N7. The first-order chi connectivity index (χ1) is 9.69. The maximum Gasteiger partial charge on any atom is 0.241 e. The van der Waals surface area contributed by atoms with Gasteiger partial charge in [0.15, 0.2) is 5.65 Å². The summed E-state index contributed by atoms with van der Waals surface area (Å²) in [6.45, 7) is 0. The Morgan fingerprint density at radius 1 is 1.15 bits per heavy atom. The molecule has 0 aliphatic heterocycles. The fourth-order valence-corrected chi connectivity index (χ4v) is 2.22. The molecule has 0 aliphatic carbocycles. The highest BCUT2D eigenvalue weighted by molar-refractivity contribution is 6.39. The van der Waals surface area contributed by atoms with E-state index in [0.717, 1.165) is 0 Å². The summed E-state index contributed by atoms with van der Waals surface area (Å²) in [4.78, 5) is 8.36. The van der Waals surface area contributed by atoms with Crippen LogP contribution in [0.3, 0.4) is 0 Å². The number of hydrazine groups is 1. The van der Waals surface area contributed by atoms with E-state index in [9.17, 15) is 0 Å². The van der Waals surface area contributed by atoms with Crippen molar-refractivity contribution in [1.82, 2.24) is 20.2 Å². The summed E-state index contributed by atoms with van der Waals surface area (Å²) >= 11 is 12.2. The smallest absolute Gasteiger partial charge is 0.241 e. The van der Waals surface area contributed by atoms with Crippen LogP contribution in [0.4, 0.5) is 17.5 Å². The lowest BCUT2D eigenvalue weighted by atomic mass is 10.3. The Morgan fingerprint density at radius 3 is 2.60 bits per heavy atom. The van der Waals surface area contributed by atoms with Gasteiger partial charge in [0.2, 0.25) is 5.95 Å². The first kappa shape index (κ1) is 12.9. The molecule has 0 saturated carbocycles. The van der Waals surface area contributed by atoms with E-state index in [-0.39, 0.29) is 5.95 Å². The van der Waals surface area contributed by atoms with Gasteiger partial charge in [-0.25, -0.2) is 5.84 Å². The van der Waals surface area contributed by atoms with Crippen molar-refractivity contribution in [3.63, 3.8) is 0 Å². The number of H-pyrrole nitrogens is 1. The molecule has 1 aromatic carbocycles. The first-order valence-corrected chi connectivity index (χ1v) is 6.33. The maximum absolute atomic E-state index is 6.12. The Kier molecular flexibility index (Phi) is 3.31. The molecule has 7 nitrogen and oxygen atoms in total. The van der Waals surface area contributed by atoms with Crippen LogP contribution in [-0.2, 0) is 0 Å². The number of fused-ring (bicyclic) bond motifs is 1. The third-order valence-electron chi connectivity index (χ3n) is 2.65. The maximum atomic E-state index is 6.12. The van der Waals surface area contributed by atoms with E-state index in [1.165, 1.54) is 0 Å². The molecule has 0 radical (unpaired) electrons. The van der Waals surface area contributed by atoms with Gasteiger partial charge >= 0.3 is 0 Å². The van der Waals surface area contributed by atoms with Gasteiger partial charge in [0.05, 0.1) is 27.3 Å². The van der Waals surface area contributed by atoms with E-state index in [0.29, 0.717) is 32.6 Å². The second-order valence-electron chi connectivity index (χ2n) is 3.89. The second kappa shape index (κ2) is 5.12. The predicted octanol–water partition coefficient (Wildman–Crippen LogP) is 2.69. The minimum atomic E-state index is 0.243. The number of hydrogen-bond acceptors (Lipinski definition) is 6. The van der Waals surface area contributed by atoms with Crippen LogP contribution in [0.1, 0.15) is 0 Å². The predicted molar refractivity (Wildman–Crippen MR) is 79.2 cm³/mol. The van der Waals surface area contributed by atoms with Crippen molar-refractivity contribution in [2.24, 2.45) is 5.84 Å². The number of nitrogens with two attached hydrogens (primary N) is 1. The molecule has 0 aliphatic rings. The van der Waals surface area contributed by atoms with Gasteiger partial charge in [0.1, 0.15) is 5.82 Å². The fourth-order valence-electron chi connectivity index (χ4n) is 1.73. The molecule has 3 rings (SSSR count). The molecule has 0 bridgehead atoms. The summed E-state index contributed by atoms with van der Waals surface area (Å²) < 4.78 is 0. The number of aromatic nitrogens is 4. The fraction of sp³-hybridized carbons (Fsp3) is 0. The molecule has 9 heteroatoms. The molecule has 2 heterocycles. The van der Waals surface area contributed by atoms with Crippen LogP contribution in [0, 0.1) is 0 Å². The number of aromatic amines is 1. The molecule has 0 amide bonds. The summed E-state index contributed by atoms with van der Waals surface area (Å²) in [5, 5.41) is 11.4. The van der Waals surface area contributed by atoms with Gasteiger partial charge in [-0.3, -0.25) is 10.5 Å². The van der Waals surface area contributed by atoms with E-state index in [1.807, 2.05) is 0 Å². The number of hydrogen-bond donors (Lipinski definition) is 4. The summed E-state index contributed by atoms with van der Waals surface area (Å²) in [5.41, 5.74) is 3.48. The van der Waals surface area contributed by atoms with Crippen molar-refractivity contribution in [3.05, 3.63) is 34.4 Å². The van der Waals surface area contributed by atoms with Gasteiger partial charge < -0.3 is 5.32 Å². The van der Waals surface area contributed by atoms with Gasteiger partial charge in [-0.2, -0.15) is 15.1 Å². The van der Waals surface area contributed by atoms with Crippen LogP contribution in [0.5, 0.6) is 0 Å². The van der Waals surface area contributed by atoms with Gasteiger partial charge in [-0.1, -0.05) is 29.3 Å². The van der Waals surface area contributed by atoms with Crippen molar-refractivity contribution in [3.8, 4) is 0 Å². The Labute approximate surface area is 123 Å². The van der Waals surface area contributed by atoms with Crippen molar-refractivity contribution >= 4 is 51.7 Å². The normalized spacial score (nSPS) is 10.8. The lowest BCUT2D eigenvalue weighted by Gasteiger charge is -2.11. The number of benzene rings is 1. The highest BCUT2D eigenvalue weighted by atomic mass is 35.5. The minimum absolute atomic E-state index is 0.243. The molecule has 102 valence electrons. The standard InChI is InChI=1S/C11H9Cl2N7/c12-6-2-1-3-7(13)8(6)16-9-5-4-15-20-10(5)18-11(17-9)19-14/h1-4H,14H2,(H3,15,16,17,18,19,20). The number of halogens is 2. The van der Waals surface area contributed by atoms with Gasteiger partial charge in [-0.15, -0.1) is 0 Å². The van der Waals surface area contributed by atoms with Crippen LogP contribution in [0.25, 0.3) is 11.0 Å². The molecule has 0 fully saturated rings. The molecule has 0 atom stereocenters. The Balaban J connectivity index is 2.12. The number of nitrogen functional groups attached to an aromatic ring is 1. The van der Waals surface area contributed by atoms with Crippen molar-refractivity contribution < 1.29 is 0 Å². The van der Waals surface area contributed by atoms with Crippen LogP contribution in [0.2, 0.25) is 10.0 Å². The quantitative estimate of drug-likeness (QED) is 0.438. The Hall–Kier alpha value is -2.09. The summed E-state index contributed by atoms with van der Waals surface area (Å²) in [6, 6.07) is 5.22. The lowest BCUT2D eigenvalue weighted by molar-refractivity contribution is 1.08. The number of rotatable bonds is 3. The molecule has 0 saturated heterocycles. The minimum Gasteiger partial charge on any atom is -0.337 e. The second-order valence-corrected chi connectivity index (χ2v) is 4.71. The zero-order valence-electron chi connectivity index (χ0n) is 9.98. The largest absolute Gasteiger partial charge is 0.337 e. The van der Waals surface area contributed by atoms with Crippen molar-refractivity contribution in [2.75, 3.05) is 10.7 Å². The van der Waals surface area contributed by atoms with E-state index >= 15 is 0 Å². The third kappa shape index (κ3) is 2.22. The van der Waals surface area contributed by atoms with Crippen LogP contribution >= 0.6 is 23.2 Å². The van der Waals surface area contributed by atoms with Crippen LogP contribution < -0.4 is 16.6 Å². The van der Waals surface area contributed by atoms with Crippen molar-refractivity contribution in [2.45, 2.75) is 0 Å². The topological polar surface area (TPSA) is 105 Å². The summed E-state index contributed by atoms with van der Waals surface area (Å²) in [6.07, 6.45) is 1.60. The molecule has 0 spiro atoms. The highest BCUT2D eigenvalue weighted by Crippen LogP contribution is 2.33. The number of nitrogens with zero attached hydrogens (tertiary/aromatic N) is 3. The molecule has 5 N–H and O–H groups in total. The Bertz CT molecular complexity index is 750. The first-order valence-electron chi connectivity index (χ1n) is 5.58. The lowest BCUT2D eigenvalue weighted by Crippen LogP contribution is -2.11. The number of para-hydroxylation sites is 1. The van der Waals surface area contributed by atoms with E-state index in [2.05, 4.69) is 30.9 Å².